The molecule has 0 aliphatic carbocycles. The summed E-state index contributed by atoms with van der Waals surface area (Å²) < 4.78 is 0. The lowest BCUT2D eigenvalue weighted by molar-refractivity contribution is 0.0954. The van der Waals surface area contributed by atoms with Gasteiger partial charge in [0.05, 0.1) is 20.8 Å². The molecule has 1 aromatic heterocycles. The molecule has 4 nitrogen and oxygen atoms in total. The van der Waals surface area contributed by atoms with Gasteiger partial charge in [-0.3, -0.25) is 9.78 Å². The molecule has 0 fully saturated rings. The van der Waals surface area contributed by atoms with E-state index in [1.807, 2.05) is 0 Å². The molecule has 0 unspecified atom stereocenters. The van der Waals surface area contributed by atoms with Gasteiger partial charge in [0.2, 0.25) is 0 Å². The van der Waals surface area contributed by atoms with Gasteiger partial charge in [0.1, 0.15) is 0 Å². The highest BCUT2D eigenvalue weighted by Crippen LogP contribution is 2.32. The fourth-order valence-electron chi connectivity index (χ4n) is 1.57. The van der Waals surface area contributed by atoms with Crippen molar-refractivity contribution < 1.29 is 4.79 Å². The van der Waals surface area contributed by atoms with Crippen molar-refractivity contribution in [2.75, 3.05) is 0 Å². The average Bonchev–Trinajstić information content (AvgIpc) is 2.51. The van der Waals surface area contributed by atoms with Crippen LogP contribution in [0.4, 0.5) is 0 Å². The van der Waals surface area contributed by atoms with E-state index in [2.05, 4.69) is 15.5 Å². The Morgan fingerprint density at radius 3 is 2.43 bits per heavy atom. The number of pyridine rings is 1. The summed E-state index contributed by atoms with van der Waals surface area (Å²) in [5, 5.41) is 4.92. The highest BCUT2D eigenvalue weighted by atomic mass is 35.5. The third-order valence-corrected chi connectivity index (χ3v) is 3.99. The molecule has 108 valence electrons. The molecule has 0 spiro atoms. The summed E-state index contributed by atoms with van der Waals surface area (Å²) in [5.41, 5.74) is 4.02. The van der Waals surface area contributed by atoms with Crippen molar-refractivity contribution in [1.29, 1.82) is 0 Å². The summed E-state index contributed by atoms with van der Waals surface area (Å²) in [6.45, 7) is 1.71. The Balaban J connectivity index is 2.19. The summed E-state index contributed by atoms with van der Waals surface area (Å²) in [6.07, 6.45) is 3.06. The molecular weight excluding hydrogens is 333 g/mol. The van der Waals surface area contributed by atoms with Crippen molar-refractivity contribution in [3.05, 3.63) is 62.9 Å². The van der Waals surface area contributed by atoms with Crippen LogP contribution >= 0.6 is 34.8 Å². The first-order valence-electron chi connectivity index (χ1n) is 5.89. The van der Waals surface area contributed by atoms with Crippen molar-refractivity contribution in [2.45, 2.75) is 6.92 Å². The number of halogens is 3. The number of hydrogen-bond donors (Lipinski definition) is 1. The lowest BCUT2D eigenvalue weighted by Gasteiger charge is -2.07. The number of aromatic nitrogens is 1. The molecule has 0 aliphatic rings. The van der Waals surface area contributed by atoms with E-state index in [9.17, 15) is 4.79 Å². The van der Waals surface area contributed by atoms with Crippen molar-refractivity contribution in [1.82, 2.24) is 10.4 Å². The molecule has 0 saturated heterocycles. The normalized spacial score (nSPS) is 11.3. The molecule has 7 heteroatoms. The fraction of sp³-hybridized carbons (Fsp3) is 0.0714. The second-order valence-corrected chi connectivity index (χ2v) is 5.26. The van der Waals surface area contributed by atoms with Crippen LogP contribution in [0.3, 0.4) is 0 Å². The molecule has 0 atom stereocenters. The van der Waals surface area contributed by atoms with Gasteiger partial charge in [-0.1, -0.05) is 40.9 Å². The largest absolute Gasteiger partial charge is 0.271 e. The topological polar surface area (TPSA) is 54.4 Å². The van der Waals surface area contributed by atoms with Crippen molar-refractivity contribution in [3.63, 3.8) is 0 Å². The summed E-state index contributed by atoms with van der Waals surface area (Å²) in [7, 11) is 0. The van der Waals surface area contributed by atoms with E-state index < -0.39 is 0 Å². The predicted molar refractivity (Wildman–Crippen MR) is 85.4 cm³/mol. The number of nitrogens with zero attached hydrogens (tertiary/aromatic N) is 2. The summed E-state index contributed by atoms with van der Waals surface area (Å²) in [6, 6.07) is 6.49. The van der Waals surface area contributed by atoms with Crippen LogP contribution in [0.2, 0.25) is 15.1 Å². The maximum absolute atomic E-state index is 11.9. The smallest absolute Gasteiger partial charge is 0.267 e. The zero-order valence-corrected chi connectivity index (χ0v) is 13.2. The Morgan fingerprint density at radius 2 is 1.76 bits per heavy atom. The van der Waals surface area contributed by atoms with Crippen LogP contribution in [-0.4, -0.2) is 16.6 Å². The van der Waals surface area contributed by atoms with Crippen LogP contribution in [0.15, 0.2) is 41.8 Å². The lowest BCUT2D eigenvalue weighted by atomic mass is 10.1. The SMILES string of the molecule is C/C(=N\NC(=O)c1ccncc1)c1ccc(Cl)c(Cl)c1Cl. The molecule has 2 aromatic rings. The maximum atomic E-state index is 11.9. The van der Waals surface area contributed by atoms with Gasteiger partial charge in [-0.05, 0) is 25.1 Å². The molecule has 0 aliphatic heterocycles. The molecule has 1 aromatic carbocycles. The Hall–Kier alpha value is -1.62. The summed E-state index contributed by atoms with van der Waals surface area (Å²) in [5.74, 6) is -0.340. The highest BCUT2D eigenvalue weighted by Gasteiger charge is 2.11. The number of carbonyl (C=O) groups is 1. The van der Waals surface area contributed by atoms with Gasteiger partial charge in [-0.25, -0.2) is 5.43 Å². The second kappa shape index (κ2) is 6.89. The number of hydrogen-bond acceptors (Lipinski definition) is 3. The minimum Gasteiger partial charge on any atom is -0.267 e. The summed E-state index contributed by atoms with van der Waals surface area (Å²) in [4.78, 5) is 15.7. The Morgan fingerprint density at radius 1 is 1.10 bits per heavy atom. The monoisotopic (exact) mass is 341 g/mol. The first-order valence-corrected chi connectivity index (χ1v) is 7.02. The highest BCUT2D eigenvalue weighted by molar-refractivity contribution is 6.49. The number of carbonyl (C=O) groups excluding carboxylic acids is 1. The van der Waals surface area contributed by atoms with Gasteiger partial charge in [0.25, 0.3) is 5.91 Å². The summed E-state index contributed by atoms with van der Waals surface area (Å²) >= 11 is 17.9. The molecule has 1 N–H and O–H groups in total. The Bertz CT molecular complexity index is 702. The second-order valence-electron chi connectivity index (χ2n) is 4.10. The molecule has 1 amide bonds. The van der Waals surface area contributed by atoms with Crippen LogP contribution in [0.1, 0.15) is 22.8 Å². The molecule has 0 radical (unpaired) electrons. The van der Waals surface area contributed by atoms with Crippen molar-refractivity contribution >= 4 is 46.4 Å². The molecule has 21 heavy (non-hydrogen) atoms. The van der Waals surface area contributed by atoms with Gasteiger partial charge < -0.3 is 0 Å². The van der Waals surface area contributed by atoms with Crippen LogP contribution in [0.25, 0.3) is 0 Å². The Kier molecular flexibility index (Phi) is 5.17. The average molecular weight is 343 g/mol. The van der Waals surface area contributed by atoms with Gasteiger partial charge in [0, 0.05) is 23.5 Å². The van der Waals surface area contributed by atoms with Gasteiger partial charge in [0.15, 0.2) is 0 Å². The van der Waals surface area contributed by atoms with E-state index >= 15 is 0 Å². The molecular formula is C14H10Cl3N3O. The van der Waals surface area contributed by atoms with E-state index in [0.29, 0.717) is 26.9 Å². The quantitative estimate of drug-likeness (QED) is 0.516. The number of rotatable bonds is 3. The van der Waals surface area contributed by atoms with Crippen molar-refractivity contribution in [3.8, 4) is 0 Å². The van der Waals surface area contributed by atoms with E-state index in [0.717, 1.165) is 0 Å². The first-order chi connectivity index (χ1) is 10.0. The fourth-order valence-corrected chi connectivity index (χ4v) is 2.24. The van der Waals surface area contributed by atoms with Crippen LogP contribution < -0.4 is 5.43 Å². The van der Waals surface area contributed by atoms with Crippen molar-refractivity contribution in [2.24, 2.45) is 5.10 Å². The zero-order chi connectivity index (χ0) is 15.4. The lowest BCUT2D eigenvalue weighted by Crippen LogP contribution is -2.19. The van der Waals surface area contributed by atoms with Gasteiger partial charge in [-0.15, -0.1) is 0 Å². The molecule has 2 rings (SSSR count). The molecule has 1 heterocycles. The number of benzene rings is 1. The van der Waals surface area contributed by atoms with Gasteiger partial charge >= 0.3 is 0 Å². The zero-order valence-electron chi connectivity index (χ0n) is 10.9. The van der Waals surface area contributed by atoms with E-state index in [-0.39, 0.29) is 10.9 Å². The Labute approximate surface area is 136 Å². The number of nitrogens with one attached hydrogen (secondary N) is 1. The van der Waals surface area contributed by atoms with Crippen LogP contribution in [0.5, 0.6) is 0 Å². The third kappa shape index (κ3) is 3.73. The first kappa shape index (κ1) is 15.8. The minimum absolute atomic E-state index is 0.255. The predicted octanol–water partition coefficient (Wildman–Crippen LogP) is 4.20. The van der Waals surface area contributed by atoms with E-state index in [1.165, 1.54) is 12.4 Å². The van der Waals surface area contributed by atoms with E-state index in [4.69, 9.17) is 34.8 Å². The molecule has 0 saturated carbocycles. The maximum Gasteiger partial charge on any atom is 0.271 e. The molecule has 0 bridgehead atoms. The van der Waals surface area contributed by atoms with Gasteiger partial charge in [-0.2, -0.15) is 5.10 Å². The van der Waals surface area contributed by atoms with E-state index in [1.54, 1.807) is 31.2 Å². The number of hydrazone groups is 1. The number of amides is 1. The minimum atomic E-state index is -0.340. The van der Waals surface area contributed by atoms with Crippen LogP contribution in [0, 0.1) is 0 Å². The van der Waals surface area contributed by atoms with Crippen LogP contribution in [-0.2, 0) is 0 Å². The standard InChI is InChI=1S/C14H10Cl3N3O/c1-8(10-2-3-11(15)13(17)12(10)16)19-20-14(21)9-4-6-18-7-5-9/h2-7H,1H3,(H,20,21)/b19-8+. The third-order valence-electron chi connectivity index (χ3n) is 2.69.